The maximum absolute atomic E-state index is 13.4. The van der Waals surface area contributed by atoms with E-state index in [0.717, 1.165) is 30.9 Å². The molecule has 0 unspecified atom stereocenters. The van der Waals surface area contributed by atoms with Crippen molar-refractivity contribution < 1.29 is 23.0 Å². The number of benzene rings is 2. The first-order valence-corrected chi connectivity index (χ1v) is 7.92. The van der Waals surface area contributed by atoms with Crippen LogP contribution in [0, 0.1) is 11.6 Å². The standard InChI is InChI=1S/C18H18F2N2O3/c19-13-1-6-17(16(20)11-13)25-12-18(23)21-14-2-4-15(5-3-14)22-7-9-24-10-8-22/h1-6,11H,7-10,12H2,(H,21,23). The molecule has 1 amide bonds. The highest BCUT2D eigenvalue weighted by atomic mass is 19.1. The van der Waals surface area contributed by atoms with Crippen LogP contribution in [0.3, 0.4) is 0 Å². The first-order chi connectivity index (χ1) is 12.1. The van der Waals surface area contributed by atoms with E-state index in [9.17, 15) is 13.6 Å². The van der Waals surface area contributed by atoms with Crippen molar-refractivity contribution in [1.82, 2.24) is 0 Å². The molecule has 1 N–H and O–H groups in total. The molecule has 0 aromatic heterocycles. The van der Waals surface area contributed by atoms with Crippen molar-refractivity contribution in [2.45, 2.75) is 0 Å². The molecule has 0 spiro atoms. The SMILES string of the molecule is O=C(COc1ccc(F)cc1F)Nc1ccc(N2CCOCC2)cc1. The Bertz CT molecular complexity index is 732. The fraction of sp³-hybridized carbons (Fsp3) is 0.278. The lowest BCUT2D eigenvalue weighted by Gasteiger charge is -2.28. The number of hydrogen-bond donors (Lipinski definition) is 1. The van der Waals surface area contributed by atoms with Crippen LogP contribution in [0.1, 0.15) is 0 Å². The van der Waals surface area contributed by atoms with E-state index in [4.69, 9.17) is 9.47 Å². The molecule has 0 atom stereocenters. The zero-order valence-corrected chi connectivity index (χ0v) is 13.5. The fourth-order valence-electron chi connectivity index (χ4n) is 2.51. The van der Waals surface area contributed by atoms with Gasteiger partial charge in [0.05, 0.1) is 13.2 Å². The predicted molar refractivity (Wildman–Crippen MR) is 90.0 cm³/mol. The van der Waals surface area contributed by atoms with Crippen molar-refractivity contribution in [1.29, 1.82) is 0 Å². The van der Waals surface area contributed by atoms with Gasteiger partial charge in [-0.2, -0.15) is 0 Å². The molecule has 1 heterocycles. The van der Waals surface area contributed by atoms with Gasteiger partial charge in [-0.05, 0) is 36.4 Å². The van der Waals surface area contributed by atoms with Crippen LogP contribution in [0.15, 0.2) is 42.5 Å². The van der Waals surface area contributed by atoms with Crippen LogP contribution in [0.4, 0.5) is 20.2 Å². The van der Waals surface area contributed by atoms with Crippen LogP contribution >= 0.6 is 0 Å². The van der Waals surface area contributed by atoms with Crippen molar-refractivity contribution in [2.24, 2.45) is 0 Å². The minimum Gasteiger partial charge on any atom is -0.481 e. The topological polar surface area (TPSA) is 50.8 Å². The second-order valence-electron chi connectivity index (χ2n) is 5.56. The molecule has 3 rings (SSSR count). The van der Waals surface area contributed by atoms with E-state index in [1.54, 1.807) is 12.1 Å². The molecule has 2 aromatic rings. The number of morpholine rings is 1. The highest BCUT2D eigenvalue weighted by Crippen LogP contribution is 2.20. The number of anilines is 2. The molecule has 7 heteroatoms. The third-order valence-electron chi connectivity index (χ3n) is 3.78. The number of carbonyl (C=O) groups is 1. The summed E-state index contributed by atoms with van der Waals surface area (Å²) in [5, 5.41) is 2.67. The highest BCUT2D eigenvalue weighted by molar-refractivity contribution is 5.92. The minimum absolute atomic E-state index is 0.167. The van der Waals surface area contributed by atoms with Crippen molar-refractivity contribution in [3.8, 4) is 5.75 Å². The summed E-state index contributed by atoms with van der Waals surface area (Å²) in [5.41, 5.74) is 1.68. The van der Waals surface area contributed by atoms with Gasteiger partial charge < -0.3 is 19.7 Å². The van der Waals surface area contributed by atoms with Crippen LogP contribution in [-0.2, 0) is 9.53 Å². The molecule has 0 radical (unpaired) electrons. The van der Waals surface area contributed by atoms with Crippen molar-refractivity contribution in [3.63, 3.8) is 0 Å². The fourth-order valence-corrected chi connectivity index (χ4v) is 2.51. The monoisotopic (exact) mass is 348 g/mol. The van der Waals surface area contributed by atoms with E-state index in [1.165, 1.54) is 0 Å². The number of halogens is 2. The normalized spacial score (nSPS) is 14.2. The molecule has 2 aromatic carbocycles. The van der Waals surface area contributed by atoms with Gasteiger partial charge in [0.25, 0.3) is 5.91 Å². The molecule has 0 aliphatic carbocycles. The Morgan fingerprint density at radius 1 is 1.12 bits per heavy atom. The number of nitrogens with zero attached hydrogens (tertiary/aromatic N) is 1. The Morgan fingerprint density at radius 3 is 2.52 bits per heavy atom. The van der Waals surface area contributed by atoms with Crippen molar-refractivity contribution >= 4 is 17.3 Å². The molecule has 25 heavy (non-hydrogen) atoms. The van der Waals surface area contributed by atoms with Crippen LogP contribution in [0.25, 0.3) is 0 Å². The second-order valence-corrected chi connectivity index (χ2v) is 5.56. The van der Waals surface area contributed by atoms with Gasteiger partial charge in [-0.1, -0.05) is 0 Å². The van der Waals surface area contributed by atoms with Gasteiger partial charge in [0.15, 0.2) is 18.2 Å². The van der Waals surface area contributed by atoms with E-state index >= 15 is 0 Å². The molecule has 1 aliphatic rings. The molecule has 0 bridgehead atoms. The van der Waals surface area contributed by atoms with Crippen LogP contribution < -0.4 is 15.0 Å². The minimum atomic E-state index is -0.845. The molecular formula is C18H18F2N2O3. The van der Waals surface area contributed by atoms with Gasteiger partial charge in [0, 0.05) is 30.5 Å². The van der Waals surface area contributed by atoms with Gasteiger partial charge in [-0.3, -0.25) is 4.79 Å². The average molecular weight is 348 g/mol. The molecule has 132 valence electrons. The lowest BCUT2D eigenvalue weighted by molar-refractivity contribution is -0.118. The lowest BCUT2D eigenvalue weighted by Crippen LogP contribution is -2.36. The summed E-state index contributed by atoms with van der Waals surface area (Å²) in [6.45, 7) is 2.71. The maximum Gasteiger partial charge on any atom is 0.262 e. The van der Waals surface area contributed by atoms with Crippen LogP contribution in [-0.4, -0.2) is 38.8 Å². The predicted octanol–water partition coefficient (Wildman–Crippen LogP) is 2.82. The zero-order chi connectivity index (χ0) is 17.6. The Kier molecular flexibility index (Phi) is 5.45. The van der Waals surface area contributed by atoms with Gasteiger partial charge in [0.1, 0.15) is 5.82 Å². The van der Waals surface area contributed by atoms with Gasteiger partial charge >= 0.3 is 0 Å². The molecule has 0 saturated carbocycles. The number of carbonyl (C=O) groups excluding carboxylic acids is 1. The quantitative estimate of drug-likeness (QED) is 0.903. The second kappa shape index (κ2) is 7.94. The molecule has 1 fully saturated rings. The van der Waals surface area contributed by atoms with E-state index in [2.05, 4.69) is 10.2 Å². The summed E-state index contributed by atoms with van der Waals surface area (Å²) in [4.78, 5) is 14.1. The summed E-state index contributed by atoms with van der Waals surface area (Å²) in [7, 11) is 0. The summed E-state index contributed by atoms with van der Waals surface area (Å²) in [6.07, 6.45) is 0. The Hall–Kier alpha value is -2.67. The Balaban J connectivity index is 1.52. The molecular weight excluding hydrogens is 330 g/mol. The molecule has 1 saturated heterocycles. The average Bonchev–Trinajstić information content (AvgIpc) is 2.62. The summed E-state index contributed by atoms with van der Waals surface area (Å²) < 4.78 is 36.6. The number of rotatable bonds is 5. The van der Waals surface area contributed by atoms with Gasteiger partial charge in [0.2, 0.25) is 0 Å². The lowest BCUT2D eigenvalue weighted by atomic mass is 10.2. The number of hydrogen-bond acceptors (Lipinski definition) is 4. The smallest absolute Gasteiger partial charge is 0.262 e. The van der Waals surface area contributed by atoms with E-state index < -0.39 is 17.5 Å². The van der Waals surface area contributed by atoms with Crippen molar-refractivity contribution in [3.05, 3.63) is 54.1 Å². The summed E-state index contributed by atoms with van der Waals surface area (Å²) in [6, 6.07) is 10.3. The van der Waals surface area contributed by atoms with E-state index in [0.29, 0.717) is 25.0 Å². The third kappa shape index (κ3) is 4.67. The zero-order valence-electron chi connectivity index (χ0n) is 13.5. The van der Waals surface area contributed by atoms with Gasteiger partial charge in [-0.15, -0.1) is 0 Å². The van der Waals surface area contributed by atoms with Crippen LogP contribution in [0.2, 0.25) is 0 Å². The van der Waals surface area contributed by atoms with E-state index in [1.807, 2.05) is 12.1 Å². The van der Waals surface area contributed by atoms with Crippen molar-refractivity contribution in [2.75, 3.05) is 43.1 Å². The third-order valence-corrected chi connectivity index (χ3v) is 3.78. The van der Waals surface area contributed by atoms with E-state index in [-0.39, 0.29) is 12.4 Å². The summed E-state index contributed by atoms with van der Waals surface area (Å²) >= 11 is 0. The first kappa shape index (κ1) is 17.2. The number of amides is 1. The highest BCUT2D eigenvalue weighted by Gasteiger charge is 2.12. The molecule has 1 aliphatic heterocycles. The number of nitrogens with one attached hydrogen (secondary N) is 1. The van der Waals surface area contributed by atoms with Gasteiger partial charge in [-0.25, -0.2) is 8.78 Å². The maximum atomic E-state index is 13.4. The largest absolute Gasteiger partial charge is 0.481 e. The Morgan fingerprint density at radius 2 is 1.84 bits per heavy atom. The first-order valence-electron chi connectivity index (χ1n) is 7.92. The summed E-state index contributed by atoms with van der Waals surface area (Å²) in [5.74, 6) is -2.14. The van der Waals surface area contributed by atoms with Crippen LogP contribution in [0.5, 0.6) is 5.75 Å². The Labute approximate surface area is 144 Å². The number of ether oxygens (including phenoxy) is 2. The molecule has 5 nitrogen and oxygen atoms in total.